The summed E-state index contributed by atoms with van der Waals surface area (Å²) in [6, 6.07) is 3.98. The summed E-state index contributed by atoms with van der Waals surface area (Å²) in [6.07, 6.45) is 6.67. The van der Waals surface area contributed by atoms with Gasteiger partial charge in [0.2, 0.25) is 0 Å². The lowest BCUT2D eigenvalue weighted by atomic mass is 9.98. The van der Waals surface area contributed by atoms with E-state index in [1.807, 2.05) is 18.3 Å². The molecule has 1 heterocycles. The predicted molar refractivity (Wildman–Crippen MR) is 46.8 cm³/mol. The second kappa shape index (κ2) is 3.23. The first kappa shape index (κ1) is 7.74. The third-order valence-corrected chi connectivity index (χ3v) is 2.59. The van der Waals surface area contributed by atoms with Crippen LogP contribution in [0.1, 0.15) is 30.7 Å². The number of hydrogen-bond acceptors (Lipinski definition) is 2. The maximum Gasteiger partial charge on any atom is 0.0609 e. The Bertz CT molecular complexity index is 247. The minimum Gasteiger partial charge on any atom is -0.392 e. The van der Waals surface area contributed by atoms with Crippen molar-refractivity contribution < 1.29 is 5.11 Å². The van der Waals surface area contributed by atoms with Gasteiger partial charge in [0.05, 0.1) is 6.10 Å². The predicted octanol–water partition coefficient (Wildman–Crippen LogP) is 1.71. The highest BCUT2D eigenvalue weighted by Crippen LogP contribution is 2.33. The van der Waals surface area contributed by atoms with Gasteiger partial charge in [0.15, 0.2) is 0 Å². The standard InChI is InChI=1S/C10H13NO/c12-10-5-1-4-9(10)8-3-2-6-11-7-8/h2-3,6-7,9-10,12H,1,4-5H2/t9-,10-/m0/s1. The van der Waals surface area contributed by atoms with Crippen molar-refractivity contribution in [1.29, 1.82) is 0 Å². The summed E-state index contributed by atoms with van der Waals surface area (Å²) in [5.41, 5.74) is 1.18. The summed E-state index contributed by atoms with van der Waals surface area (Å²) in [6.45, 7) is 0. The molecule has 0 amide bonds. The quantitative estimate of drug-likeness (QED) is 0.683. The van der Waals surface area contributed by atoms with Crippen LogP contribution >= 0.6 is 0 Å². The van der Waals surface area contributed by atoms with Crippen LogP contribution in [-0.2, 0) is 0 Å². The van der Waals surface area contributed by atoms with E-state index in [2.05, 4.69) is 4.98 Å². The average molecular weight is 163 g/mol. The summed E-state index contributed by atoms with van der Waals surface area (Å²) in [5.74, 6) is 0.332. The lowest BCUT2D eigenvalue weighted by Crippen LogP contribution is -2.10. The van der Waals surface area contributed by atoms with Gasteiger partial charge >= 0.3 is 0 Å². The topological polar surface area (TPSA) is 33.1 Å². The SMILES string of the molecule is O[C@H]1CCC[C@H]1c1cccnc1. The molecule has 1 fully saturated rings. The number of aliphatic hydroxyl groups excluding tert-OH is 1. The van der Waals surface area contributed by atoms with Crippen molar-refractivity contribution >= 4 is 0 Å². The van der Waals surface area contributed by atoms with Crippen LogP contribution in [0.15, 0.2) is 24.5 Å². The van der Waals surface area contributed by atoms with Crippen LogP contribution in [0.2, 0.25) is 0 Å². The molecule has 2 nitrogen and oxygen atoms in total. The van der Waals surface area contributed by atoms with Crippen molar-refractivity contribution in [3.63, 3.8) is 0 Å². The summed E-state index contributed by atoms with van der Waals surface area (Å²) in [5, 5.41) is 9.61. The van der Waals surface area contributed by atoms with E-state index < -0.39 is 0 Å². The molecule has 0 unspecified atom stereocenters. The normalized spacial score (nSPS) is 29.1. The summed E-state index contributed by atoms with van der Waals surface area (Å²) >= 11 is 0. The first-order chi connectivity index (χ1) is 5.88. The molecule has 2 heteroatoms. The molecule has 1 aromatic heterocycles. The maximum atomic E-state index is 9.61. The van der Waals surface area contributed by atoms with Crippen LogP contribution < -0.4 is 0 Å². The van der Waals surface area contributed by atoms with E-state index in [1.165, 1.54) is 5.56 Å². The zero-order valence-corrected chi connectivity index (χ0v) is 6.98. The van der Waals surface area contributed by atoms with Crippen LogP contribution in [0.5, 0.6) is 0 Å². The molecular formula is C10H13NO. The third kappa shape index (κ3) is 1.34. The van der Waals surface area contributed by atoms with Gasteiger partial charge < -0.3 is 5.11 Å². The van der Waals surface area contributed by atoms with Gasteiger partial charge in [-0.05, 0) is 24.5 Å². The van der Waals surface area contributed by atoms with E-state index in [4.69, 9.17) is 0 Å². The van der Waals surface area contributed by atoms with Crippen LogP contribution in [0.3, 0.4) is 0 Å². The van der Waals surface area contributed by atoms with Crippen LogP contribution in [0.25, 0.3) is 0 Å². The zero-order chi connectivity index (χ0) is 8.39. The number of hydrogen-bond donors (Lipinski definition) is 1. The fraction of sp³-hybridized carbons (Fsp3) is 0.500. The van der Waals surface area contributed by atoms with Crippen molar-refractivity contribution in [2.24, 2.45) is 0 Å². The molecule has 12 heavy (non-hydrogen) atoms. The van der Waals surface area contributed by atoms with E-state index in [9.17, 15) is 5.11 Å². The van der Waals surface area contributed by atoms with Gasteiger partial charge in [-0.25, -0.2) is 0 Å². The Balaban J connectivity index is 2.19. The second-order valence-corrected chi connectivity index (χ2v) is 3.39. The molecule has 0 bridgehead atoms. The largest absolute Gasteiger partial charge is 0.392 e. The molecule has 2 atom stereocenters. The molecule has 64 valence electrons. The highest BCUT2D eigenvalue weighted by molar-refractivity contribution is 5.17. The molecule has 1 aliphatic carbocycles. The lowest BCUT2D eigenvalue weighted by molar-refractivity contribution is 0.163. The average Bonchev–Trinajstić information content (AvgIpc) is 2.53. The molecule has 0 spiro atoms. The number of nitrogens with zero attached hydrogens (tertiary/aromatic N) is 1. The fourth-order valence-electron chi connectivity index (χ4n) is 1.92. The number of aliphatic hydroxyl groups is 1. The number of aromatic nitrogens is 1. The second-order valence-electron chi connectivity index (χ2n) is 3.39. The van der Waals surface area contributed by atoms with Crippen LogP contribution in [0.4, 0.5) is 0 Å². The smallest absolute Gasteiger partial charge is 0.0609 e. The highest BCUT2D eigenvalue weighted by atomic mass is 16.3. The van der Waals surface area contributed by atoms with Gasteiger partial charge in [0.1, 0.15) is 0 Å². The molecule has 2 rings (SSSR count). The minimum atomic E-state index is -0.144. The van der Waals surface area contributed by atoms with Gasteiger partial charge in [0, 0.05) is 18.3 Å². The summed E-state index contributed by atoms with van der Waals surface area (Å²) in [4.78, 5) is 4.05. The molecule has 0 saturated heterocycles. The van der Waals surface area contributed by atoms with Crippen molar-refractivity contribution in [2.75, 3.05) is 0 Å². The first-order valence-electron chi connectivity index (χ1n) is 4.46. The van der Waals surface area contributed by atoms with Crippen molar-refractivity contribution in [3.05, 3.63) is 30.1 Å². The van der Waals surface area contributed by atoms with E-state index >= 15 is 0 Å². The van der Waals surface area contributed by atoms with Gasteiger partial charge in [-0.15, -0.1) is 0 Å². The molecule has 0 aromatic carbocycles. The number of rotatable bonds is 1. The Morgan fingerprint density at radius 3 is 2.92 bits per heavy atom. The van der Waals surface area contributed by atoms with Gasteiger partial charge in [-0.2, -0.15) is 0 Å². The van der Waals surface area contributed by atoms with Crippen molar-refractivity contribution in [1.82, 2.24) is 4.98 Å². The van der Waals surface area contributed by atoms with Gasteiger partial charge in [-0.3, -0.25) is 4.98 Å². The first-order valence-corrected chi connectivity index (χ1v) is 4.46. The minimum absolute atomic E-state index is 0.144. The van der Waals surface area contributed by atoms with Crippen molar-refractivity contribution in [2.45, 2.75) is 31.3 Å². The Labute approximate surface area is 72.3 Å². The molecule has 0 aliphatic heterocycles. The Morgan fingerprint density at radius 2 is 2.33 bits per heavy atom. The monoisotopic (exact) mass is 163 g/mol. The lowest BCUT2D eigenvalue weighted by Gasteiger charge is -2.13. The Hall–Kier alpha value is -0.890. The Morgan fingerprint density at radius 1 is 1.42 bits per heavy atom. The van der Waals surface area contributed by atoms with E-state index in [1.54, 1.807) is 6.20 Å². The van der Waals surface area contributed by atoms with Gasteiger partial charge in [0.25, 0.3) is 0 Å². The molecular weight excluding hydrogens is 150 g/mol. The third-order valence-electron chi connectivity index (χ3n) is 2.59. The highest BCUT2D eigenvalue weighted by Gasteiger charge is 2.26. The van der Waals surface area contributed by atoms with Crippen molar-refractivity contribution in [3.8, 4) is 0 Å². The maximum absolute atomic E-state index is 9.61. The van der Waals surface area contributed by atoms with Crippen LogP contribution in [-0.4, -0.2) is 16.2 Å². The van der Waals surface area contributed by atoms with E-state index in [0.29, 0.717) is 5.92 Å². The van der Waals surface area contributed by atoms with E-state index in [-0.39, 0.29) is 6.10 Å². The molecule has 1 aromatic rings. The molecule has 1 saturated carbocycles. The van der Waals surface area contributed by atoms with Crippen LogP contribution in [0, 0.1) is 0 Å². The Kier molecular flexibility index (Phi) is 2.09. The van der Waals surface area contributed by atoms with E-state index in [0.717, 1.165) is 19.3 Å². The number of pyridine rings is 1. The summed E-state index contributed by atoms with van der Waals surface area (Å²) < 4.78 is 0. The van der Waals surface area contributed by atoms with Gasteiger partial charge in [-0.1, -0.05) is 12.5 Å². The molecule has 1 N–H and O–H groups in total. The zero-order valence-electron chi connectivity index (χ0n) is 6.98. The summed E-state index contributed by atoms with van der Waals surface area (Å²) in [7, 11) is 0. The molecule has 0 radical (unpaired) electrons. The fourth-order valence-corrected chi connectivity index (χ4v) is 1.92. The molecule has 1 aliphatic rings.